The Balaban J connectivity index is 1.08. The lowest BCUT2D eigenvalue weighted by Crippen LogP contribution is -2.63. The maximum absolute atomic E-state index is 14.5. The first-order valence-corrected chi connectivity index (χ1v) is 29.4. The van der Waals surface area contributed by atoms with Crippen molar-refractivity contribution in [3.05, 3.63) is 190 Å². The summed E-state index contributed by atoms with van der Waals surface area (Å²) in [7, 11) is 1.30. The van der Waals surface area contributed by atoms with E-state index in [1.807, 2.05) is 142 Å². The Morgan fingerprint density at radius 1 is 0.614 bits per heavy atom. The van der Waals surface area contributed by atoms with E-state index >= 15 is 0 Å². The van der Waals surface area contributed by atoms with Gasteiger partial charge >= 0.3 is 17.9 Å². The van der Waals surface area contributed by atoms with Crippen LogP contribution in [0.15, 0.2) is 157 Å². The van der Waals surface area contributed by atoms with Gasteiger partial charge in [0, 0.05) is 10.8 Å². The third-order valence-corrected chi connectivity index (χ3v) is 16.4. The Morgan fingerprint density at radius 2 is 1.14 bits per heavy atom. The molecule has 0 radical (unpaired) electrons. The van der Waals surface area contributed by atoms with Crippen molar-refractivity contribution < 1.29 is 66.5 Å². The molecule has 5 aromatic rings. The number of carbonyl (C=O) groups is 3. The topological polar surface area (TPSA) is 201 Å². The van der Waals surface area contributed by atoms with Crippen molar-refractivity contribution in [2.75, 3.05) is 7.11 Å². The summed E-state index contributed by atoms with van der Waals surface area (Å²) in [5.74, 6) is -2.85. The van der Waals surface area contributed by atoms with E-state index < -0.39 is 109 Å². The van der Waals surface area contributed by atoms with E-state index in [1.165, 1.54) is 7.11 Å². The quantitative estimate of drug-likeness (QED) is 0.0176. The predicted octanol–water partition coefficient (Wildman–Crippen LogP) is 12.0. The van der Waals surface area contributed by atoms with Gasteiger partial charge in [-0.3, -0.25) is 4.79 Å². The molecule has 17 heteroatoms. The molecule has 17 nitrogen and oxygen atoms in total. The average Bonchev–Trinajstić information content (AvgIpc) is 3.58. The van der Waals surface area contributed by atoms with Gasteiger partial charge in [0.2, 0.25) is 0 Å². The van der Waals surface area contributed by atoms with Gasteiger partial charge in [0.05, 0.1) is 68.9 Å². The molecule has 2 aliphatic carbocycles. The minimum Gasteiger partial charge on any atom is -0.469 e. The summed E-state index contributed by atoms with van der Waals surface area (Å²) >= 11 is 0. The van der Waals surface area contributed by atoms with Gasteiger partial charge < -0.3 is 52.1 Å². The number of carbonyl (C=O) groups excluding carboxylic acids is 3. The van der Waals surface area contributed by atoms with Crippen molar-refractivity contribution in [3.8, 4) is 0 Å². The Bertz CT molecular complexity index is 2810. The van der Waals surface area contributed by atoms with Gasteiger partial charge in [-0.05, 0) is 78.4 Å². The first-order chi connectivity index (χ1) is 40.6. The molecule has 0 spiro atoms. The third-order valence-electron chi connectivity index (χ3n) is 16.4. The van der Waals surface area contributed by atoms with E-state index in [1.54, 1.807) is 30.3 Å². The van der Waals surface area contributed by atoms with Crippen molar-refractivity contribution in [2.45, 2.75) is 185 Å². The maximum Gasteiger partial charge on any atom is 0.338 e. The summed E-state index contributed by atoms with van der Waals surface area (Å²) in [5.41, 5.74) is 14.1. The zero-order valence-electron chi connectivity index (χ0n) is 47.9. The molecule has 2 heterocycles. The monoisotopic (exact) mass is 1140 g/mol. The van der Waals surface area contributed by atoms with E-state index in [-0.39, 0.29) is 50.8 Å². The number of benzene rings is 5. The second kappa shape index (κ2) is 30.9. The molecular formula is C66H79N3O14. The summed E-state index contributed by atoms with van der Waals surface area (Å²) in [6, 6.07) is 46.3. The van der Waals surface area contributed by atoms with Crippen molar-refractivity contribution >= 4 is 17.9 Å². The largest absolute Gasteiger partial charge is 0.469 e. The fraction of sp³-hybridized carbons (Fsp3) is 0.500. The summed E-state index contributed by atoms with van der Waals surface area (Å²) in [5, 5.41) is 4.28. The Hall–Kier alpha value is -6.50. The molecule has 2 saturated heterocycles. The molecule has 5 aromatic carbocycles. The van der Waals surface area contributed by atoms with E-state index in [9.17, 15) is 19.9 Å². The van der Waals surface area contributed by atoms with Crippen LogP contribution in [-0.4, -0.2) is 105 Å². The molecular weight excluding hydrogens is 1060 g/mol. The minimum absolute atomic E-state index is 0.00343. The molecule has 14 unspecified atom stereocenters. The minimum atomic E-state index is -1.39. The lowest BCUT2D eigenvalue weighted by molar-refractivity contribution is -0.351. The van der Waals surface area contributed by atoms with Crippen LogP contribution < -0.4 is 0 Å². The molecule has 4 fully saturated rings. The van der Waals surface area contributed by atoms with E-state index in [0.29, 0.717) is 12.8 Å². The number of esters is 3. The molecule has 9 rings (SSSR count). The highest BCUT2D eigenvalue weighted by Crippen LogP contribution is 2.41. The Kier molecular flexibility index (Phi) is 22.7. The molecule has 0 bridgehead atoms. The van der Waals surface area contributed by atoms with Crippen LogP contribution in [0.5, 0.6) is 0 Å². The molecule has 0 N–H and O–H groups in total. The van der Waals surface area contributed by atoms with E-state index in [4.69, 9.17) is 52.1 Å². The second-order valence-corrected chi connectivity index (χ2v) is 22.2. The van der Waals surface area contributed by atoms with Gasteiger partial charge in [-0.25, -0.2) is 9.59 Å². The maximum atomic E-state index is 14.5. The Labute approximate surface area is 487 Å². The van der Waals surface area contributed by atoms with Gasteiger partial charge in [0.1, 0.15) is 31.0 Å². The zero-order chi connectivity index (χ0) is 57.9. The number of nitrogens with zero attached hydrogens (tertiary/aromatic N) is 3. The molecule has 2 aliphatic heterocycles. The first kappa shape index (κ1) is 61.1. The average molecular weight is 1140 g/mol. The van der Waals surface area contributed by atoms with Crippen LogP contribution in [0.1, 0.15) is 111 Å². The second-order valence-electron chi connectivity index (χ2n) is 22.2. The van der Waals surface area contributed by atoms with Crippen LogP contribution in [-0.2, 0) is 88.1 Å². The molecule has 4 aliphatic rings. The fourth-order valence-corrected chi connectivity index (χ4v) is 12.0. The number of hydrogen-bond acceptors (Lipinski definition) is 15. The predicted molar refractivity (Wildman–Crippen MR) is 307 cm³/mol. The highest BCUT2D eigenvalue weighted by Gasteiger charge is 2.54. The zero-order valence-corrected chi connectivity index (χ0v) is 47.9. The molecule has 0 amide bonds. The summed E-state index contributed by atoms with van der Waals surface area (Å²) < 4.78 is 73.9. The number of azide groups is 1. The smallest absolute Gasteiger partial charge is 0.338 e. The number of methoxy groups -OCH3 is 1. The van der Waals surface area contributed by atoms with Gasteiger partial charge in [-0.15, -0.1) is 0 Å². The molecule has 0 aromatic heterocycles. The van der Waals surface area contributed by atoms with Crippen LogP contribution in [0.2, 0.25) is 0 Å². The standard InChI is InChI=1S/C66H79N3O14/c1-5-53-43(2)56(79-55(36-45-24-12-6-13-25-45)64(72)77-42-49-32-20-10-21-33-49)61(82-63(71)50-34-22-11-23-35-50)66(80-53)81-54-38-51(62(70)73-4)37-52(68-69-67)58(54)83-65-60(76-41-48-30-18-9-19-31-48)59(75-40-47-28-16-8-17-29-47)57(44(3)78-65)74-39-46-26-14-7-15-27-46/h7-11,14-23,26-35,43-45,51-61,65-66H,5-6,12-13,24-25,36-42H2,1-4H3/t43?,44?,51?,52?,53?,54?,55-,56?,57?,58?,59?,60?,61?,65?,66?/m0/s1. The van der Waals surface area contributed by atoms with Crippen LogP contribution >= 0.6 is 0 Å². The van der Waals surface area contributed by atoms with Crippen molar-refractivity contribution in [1.82, 2.24) is 0 Å². The fourth-order valence-electron chi connectivity index (χ4n) is 12.0. The molecule has 83 heavy (non-hydrogen) atoms. The number of ether oxygens (including phenoxy) is 11. The van der Waals surface area contributed by atoms with Gasteiger partial charge in [0.25, 0.3) is 0 Å². The van der Waals surface area contributed by atoms with Gasteiger partial charge in [-0.2, -0.15) is 0 Å². The molecule has 2 saturated carbocycles. The number of hydrogen-bond donors (Lipinski definition) is 0. The Morgan fingerprint density at radius 3 is 1.70 bits per heavy atom. The summed E-state index contributed by atoms with van der Waals surface area (Å²) in [6.07, 6.45) is -5.88. The normalized spacial score (nSPS) is 28.7. The first-order valence-electron chi connectivity index (χ1n) is 29.4. The third kappa shape index (κ3) is 16.7. The van der Waals surface area contributed by atoms with Crippen molar-refractivity contribution in [3.63, 3.8) is 0 Å². The lowest BCUT2D eigenvalue weighted by Gasteiger charge is -2.49. The summed E-state index contributed by atoms with van der Waals surface area (Å²) in [6.45, 7) is 6.45. The molecule has 15 atom stereocenters. The van der Waals surface area contributed by atoms with E-state index in [0.717, 1.165) is 54.4 Å². The van der Waals surface area contributed by atoms with Crippen LogP contribution in [0.4, 0.5) is 0 Å². The van der Waals surface area contributed by atoms with Gasteiger partial charge in [-0.1, -0.05) is 191 Å². The van der Waals surface area contributed by atoms with Crippen LogP contribution in [0.3, 0.4) is 0 Å². The highest BCUT2D eigenvalue weighted by atomic mass is 16.8. The van der Waals surface area contributed by atoms with Crippen LogP contribution in [0, 0.1) is 17.8 Å². The highest BCUT2D eigenvalue weighted by molar-refractivity contribution is 5.89. The summed E-state index contributed by atoms with van der Waals surface area (Å²) in [4.78, 5) is 46.0. The lowest BCUT2D eigenvalue weighted by atomic mass is 9.81. The molecule has 442 valence electrons. The van der Waals surface area contributed by atoms with Crippen molar-refractivity contribution in [2.24, 2.45) is 22.9 Å². The van der Waals surface area contributed by atoms with Crippen LogP contribution in [0.25, 0.3) is 10.4 Å². The SMILES string of the molecule is CCC1OC(OC2CC(C(=O)OC)CC(N=[N+]=[N-])C2OC2OC(C)C(OCc3ccccc3)C(OCc3ccccc3)C2OCc2ccccc2)C(OC(=O)c2ccccc2)C(O[C@@H](CC2CCCCC2)C(=O)OCc2ccccc2)C1C. The number of rotatable bonds is 25. The van der Waals surface area contributed by atoms with Gasteiger partial charge in [0.15, 0.2) is 24.8 Å². The van der Waals surface area contributed by atoms with E-state index in [2.05, 4.69) is 10.0 Å². The van der Waals surface area contributed by atoms with Crippen molar-refractivity contribution in [1.29, 1.82) is 0 Å².